The molecule has 2 heterocycles. The van der Waals surface area contributed by atoms with Crippen molar-refractivity contribution in [2.24, 2.45) is 5.73 Å². The molecule has 0 aliphatic carbocycles. The Morgan fingerprint density at radius 3 is 2.50 bits per heavy atom. The van der Waals surface area contributed by atoms with Gasteiger partial charge in [0.2, 0.25) is 11.6 Å². The third-order valence-electron chi connectivity index (χ3n) is 7.87. The maximum Gasteiger partial charge on any atom is 0.379 e. The number of nitrogens with two attached hydrogens (primary N) is 1. The summed E-state index contributed by atoms with van der Waals surface area (Å²) in [7, 11) is 0. The second-order valence-electron chi connectivity index (χ2n) is 11.1. The average Bonchev–Trinajstić information content (AvgIpc) is 3.36. The van der Waals surface area contributed by atoms with Crippen molar-refractivity contribution in [1.29, 1.82) is 5.26 Å². The van der Waals surface area contributed by atoms with Gasteiger partial charge >= 0.3 is 5.97 Å². The summed E-state index contributed by atoms with van der Waals surface area (Å²) in [5.74, 6) is 0.579. The lowest BCUT2D eigenvalue weighted by atomic mass is 9.83. The van der Waals surface area contributed by atoms with Gasteiger partial charge in [0, 0.05) is 27.6 Å². The van der Waals surface area contributed by atoms with Gasteiger partial charge < -0.3 is 29.1 Å². The molecule has 0 saturated carbocycles. The van der Waals surface area contributed by atoms with Crippen LogP contribution in [0, 0.1) is 32.1 Å². The summed E-state index contributed by atoms with van der Waals surface area (Å²) in [6.45, 7) is 8.41. The highest BCUT2D eigenvalue weighted by Crippen LogP contribution is 2.45. The van der Waals surface area contributed by atoms with Crippen molar-refractivity contribution in [3.05, 3.63) is 128 Å². The largest absolute Gasteiger partial charge is 0.490 e. The first-order chi connectivity index (χ1) is 22.2. The van der Waals surface area contributed by atoms with Crippen molar-refractivity contribution in [1.82, 2.24) is 0 Å². The Morgan fingerprint density at radius 2 is 1.76 bits per heavy atom. The number of carbonyl (C=O) groups excluding carboxylic acids is 1. The summed E-state index contributed by atoms with van der Waals surface area (Å²) in [5, 5.41) is 11.6. The Labute approximate surface area is 271 Å². The van der Waals surface area contributed by atoms with Crippen molar-refractivity contribution < 1.29 is 28.2 Å². The van der Waals surface area contributed by atoms with Crippen molar-refractivity contribution in [2.75, 3.05) is 6.61 Å². The van der Waals surface area contributed by atoms with Crippen LogP contribution in [0.4, 0.5) is 0 Å². The van der Waals surface area contributed by atoms with E-state index >= 15 is 0 Å². The van der Waals surface area contributed by atoms with E-state index in [9.17, 15) is 10.1 Å². The lowest BCUT2D eigenvalue weighted by Crippen LogP contribution is -2.21. The number of rotatable bonds is 8. The summed E-state index contributed by atoms with van der Waals surface area (Å²) in [6.07, 6.45) is 0. The second-order valence-corrected chi connectivity index (χ2v) is 11.5. The molecule has 0 fully saturated rings. The number of fused-ring (bicyclic) bond motifs is 2. The molecule has 1 aliphatic rings. The van der Waals surface area contributed by atoms with Crippen LogP contribution in [0.5, 0.6) is 23.0 Å². The van der Waals surface area contributed by atoms with Gasteiger partial charge in [0.1, 0.15) is 35.3 Å². The van der Waals surface area contributed by atoms with Crippen LogP contribution in [-0.2, 0) is 6.61 Å². The SMILES string of the molecule is CCOc1cc(C2C(C#N)=C(N)Oc3cc(OC(=O)c4oc5cc(C)cc(C)c5c4C)ccc32)ccc1OCc1ccc(Cl)cc1. The molecule has 9 heteroatoms. The van der Waals surface area contributed by atoms with E-state index in [1.54, 1.807) is 18.2 Å². The number of allylic oxidation sites excluding steroid dienone is 1. The van der Waals surface area contributed by atoms with E-state index in [1.165, 1.54) is 0 Å². The number of halogens is 1. The van der Waals surface area contributed by atoms with E-state index in [4.69, 9.17) is 40.7 Å². The number of benzene rings is 4. The topological polar surface area (TPSA) is 117 Å². The fraction of sp³-hybridized carbons (Fsp3) is 0.189. The first-order valence-corrected chi connectivity index (χ1v) is 15.1. The fourth-order valence-electron chi connectivity index (χ4n) is 5.81. The van der Waals surface area contributed by atoms with Crippen LogP contribution in [-0.4, -0.2) is 12.6 Å². The highest BCUT2D eigenvalue weighted by molar-refractivity contribution is 6.30. The minimum Gasteiger partial charge on any atom is -0.490 e. The molecule has 4 aromatic carbocycles. The molecule has 1 unspecified atom stereocenters. The molecule has 0 saturated heterocycles. The van der Waals surface area contributed by atoms with Crippen LogP contribution in [0.25, 0.3) is 11.0 Å². The molecule has 1 atom stereocenters. The van der Waals surface area contributed by atoms with Crippen molar-refractivity contribution in [3.63, 3.8) is 0 Å². The van der Waals surface area contributed by atoms with Gasteiger partial charge in [-0.2, -0.15) is 5.26 Å². The van der Waals surface area contributed by atoms with Gasteiger partial charge in [-0.05, 0) is 86.3 Å². The third kappa shape index (κ3) is 5.85. The number of carbonyl (C=O) groups is 1. The molecule has 2 N–H and O–H groups in total. The van der Waals surface area contributed by atoms with Crippen LogP contribution in [0.2, 0.25) is 5.02 Å². The van der Waals surface area contributed by atoms with Gasteiger partial charge in [-0.25, -0.2) is 4.79 Å². The number of nitriles is 1. The summed E-state index contributed by atoms with van der Waals surface area (Å²) < 4.78 is 29.5. The number of nitrogens with zero attached hydrogens (tertiary/aromatic N) is 1. The zero-order valence-corrected chi connectivity index (χ0v) is 26.5. The third-order valence-corrected chi connectivity index (χ3v) is 8.12. The Morgan fingerprint density at radius 1 is 0.978 bits per heavy atom. The van der Waals surface area contributed by atoms with Crippen LogP contribution in [0.3, 0.4) is 0 Å². The van der Waals surface area contributed by atoms with Gasteiger partial charge in [0.15, 0.2) is 11.5 Å². The van der Waals surface area contributed by atoms with E-state index in [1.807, 2.05) is 82.3 Å². The summed E-state index contributed by atoms with van der Waals surface area (Å²) in [5.41, 5.74) is 12.3. The average molecular weight is 635 g/mol. The molecule has 46 heavy (non-hydrogen) atoms. The van der Waals surface area contributed by atoms with Crippen molar-refractivity contribution in [3.8, 4) is 29.1 Å². The molecule has 5 aromatic rings. The van der Waals surface area contributed by atoms with Gasteiger partial charge in [-0.1, -0.05) is 41.9 Å². The van der Waals surface area contributed by atoms with E-state index < -0.39 is 11.9 Å². The molecular weight excluding hydrogens is 604 g/mol. The van der Waals surface area contributed by atoms with E-state index in [0.717, 1.165) is 27.6 Å². The Balaban J connectivity index is 1.30. The normalized spacial score (nSPS) is 14.0. The van der Waals surface area contributed by atoms with Crippen LogP contribution < -0.4 is 24.7 Å². The predicted octanol–water partition coefficient (Wildman–Crippen LogP) is 8.43. The minimum absolute atomic E-state index is 0.0384. The molecule has 0 radical (unpaired) electrons. The second kappa shape index (κ2) is 12.5. The van der Waals surface area contributed by atoms with E-state index in [2.05, 4.69) is 6.07 Å². The zero-order valence-electron chi connectivity index (χ0n) is 25.8. The number of furan rings is 1. The first-order valence-electron chi connectivity index (χ1n) is 14.7. The van der Waals surface area contributed by atoms with Gasteiger partial charge in [-0.3, -0.25) is 0 Å². The van der Waals surface area contributed by atoms with Crippen molar-refractivity contribution in [2.45, 2.75) is 40.2 Å². The van der Waals surface area contributed by atoms with Gasteiger partial charge in [0.05, 0.1) is 12.5 Å². The molecule has 1 aliphatic heterocycles. The van der Waals surface area contributed by atoms with E-state index in [0.29, 0.717) is 52.2 Å². The number of hydrogen-bond donors (Lipinski definition) is 1. The van der Waals surface area contributed by atoms with Gasteiger partial charge in [-0.15, -0.1) is 0 Å². The van der Waals surface area contributed by atoms with Crippen molar-refractivity contribution >= 4 is 28.5 Å². The molecule has 0 amide bonds. The lowest BCUT2D eigenvalue weighted by Gasteiger charge is -2.27. The number of aryl methyl sites for hydroxylation is 3. The molecule has 8 nitrogen and oxygen atoms in total. The summed E-state index contributed by atoms with van der Waals surface area (Å²) in [6, 6.07) is 24.1. The predicted molar refractivity (Wildman–Crippen MR) is 175 cm³/mol. The highest BCUT2D eigenvalue weighted by atomic mass is 35.5. The van der Waals surface area contributed by atoms with Crippen LogP contribution in [0.1, 0.15) is 56.8 Å². The molecular formula is C37H31ClN2O6. The summed E-state index contributed by atoms with van der Waals surface area (Å²) in [4.78, 5) is 13.2. The molecule has 232 valence electrons. The smallest absolute Gasteiger partial charge is 0.379 e. The monoisotopic (exact) mass is 634 g/mol. The van der Waals surface area contributed by atoms with E-state index in [-0.39, 0.29) is 23.0 Å². The summed E-state index contributed by atoms with van der Waals surface area (Å²) >= 11 is 6.01. The maximum absolute atomic E-state index is 13.2. The number of ether oxygens (including phenoxy) is 4. The number of esters is 1. The first kappa shape index (κ1) is 30.6. The highest BCUT2D eigenvalue weighted by Gasteiger charge is 2.32. The standard InChI is InChI=1S/C37H31ClN2O6/c1-5-42-31-16-24(8-13-29(31)43-19-23-6-9-25(38)10-7-23)34-27-12-11-26(17-30(27)46-36(40)28(34)18-39)44-37(41)35-22(4)33-21(3)14-20(2)15-32(33)45-35/h6-17,34H,5,19,40H2,1-4H3. The molecule has 6 rings (SSSR count). The van der Waals surface area contributed by atoms with Crippen LogP contribution >= 0.6 is 11.6 Å². The van der Waals surface area contributed by atoms with Gasteiger partial charge in [0.25, 0.3) is 0 Å². The lowest BCUT2D eigenvalue weighted by molar-refractivity contribution is 0.0702. The minimum atomic E-state index is -0.630. The van der Waals surface area contributed by atoms with Crippen LogP contribution in [0.15, 0.2) is 88.7 Å². The molecule has 0 bridgehead atoms. The maximum atomic E-state index is 13.2. The Kier molecular flexibility index (Phi) is 8.35. The number of hydrogen-bond acceptors (Lipinski definition) is 8. The Bertz CT molecular complexity index is 2060. The quantitative estimate of drug-likeness (QED) is 0.133. The molecule has 0 spiro atoms. The Hall–Kier alpha value is -5.39. The zero-order chi connectivity index (χ0) is 32.5. The molecule has 1 aromatic heterocycles. The fourth-order valence-corrected chi connectivity index (χ4v) is 5.94.